The predicted octanol–water partition coefficient (Wildman–Crippen LogP) is -0.505. The highest BCUT2D eigenvalue weighted by Gasteiger charge is 2.43. The number of aliphatic hydroxyl groups is 2. The van der Waals surface area contributed by atoms with E-state index < -0.39 is 12.2 Å². The van der Waals surface area contributed by atoms with Crippen LogP contribution in [0.1, 0.15) is 20.8 Å². The van der Waals surface area contributed by atoms with Gasteiger partial charge >= 0.3 is 0 Å². The summed E-state index contributed by atoms with van der Waals surface area (Å²) in [5, 5.41) is 18.8. The topological polar surface area (TPSA) is 84.9 Å². The minimum atomic E-state index is -0.738. The maximum absolute atomic E-state index is 10.1. The molecule has 0 bridgehead atoms. The van der Waals surface area contributed by atoms with E-state index in [0.29, 0.717) is 0 Å². The Morgan fingerprint density at radius 3 is 2.56 bits per heavy atom. The normalized spacial score (nSPS) is 40.3. The third kappa shape index (κ3) is 2.93. The first-order valence-corrected chi connectivity index (χ1v) is 5.80. The van der Waals surface area contributed by atoms with E-state index in [1.807, 2.05) is 20.8 Å². The van der Waals surface area contributed by atoms with Gasteiger partial charge in [-0.15, -0.1) is 0 Å². The summed E-state index contributed by atoms with van der Waals surface area (Å²) >= 11 is 0. The molecule has 0 aromatic rings. The number of hydrogen-bond donors (Lipinski definition) is 3. The first-order valence-electron chi connectivity index (χ1n) is 5.80. The molecule has 1 heterocycles. The molecule has 5 atom stereocenters. The number of ether oxygens (including phenoxy) is 2. The molecule has 4 N–H and O–H groups in total. The number of hydrogen-bond acceptors (Lipinski definition) is 5. The molecule has 0 aromatic carbocycles. The highest BCUT2D eigenvalue weighted by atomic mass is 16.5. The Bertz CT molecular complexity index is 212. The molecule has 0 amide bonds. The van der Waals surface area contributed by atoms with E-state index in [2.05, 4.69) is 0 Å². The number of nitrogens with two attached hydrogens (primary N) is 1. The van der Waals surface area contributed by atoms with Gasteiger partial charge < -0.3 is 25.4 Å². The van der Waals surface area contributed by atoms with Gasteiger partial charge in [-0.25, -0.2) is 0 Å². The molecule has 0 aromatic heterocycles. The summed E-state index contributed by atoms with van der Waals surface area (Å²) in [7, 11) is 0. The lowest BCUT2D eigenvalue weighted by Crippen LogP contribution is -2.62. The summed E-state index contributed by atoms with van der Waals surface area (Å²) in [6.07, 6.45) is -1.63. The van der Waals surface area contributed by atoms with Gasteiger partial charge in [-0.1, -0.05) is 13.8 Å². The van der Waals surface area contributed by atoms with Crippen molar-refractivity contribution < 1.29 is 19.7 Å². The summed E-state index contributed by atoms with van der Waals surface area (Å²) in [5.41, 5.74) is 5.92. The van der Waals surface area contributed by atoms with Crippen LogP contribution in [0.4, 0.5) is 0 Å². The summed E-state index contributed by atoms with van der Waals surface area (Å²) in [6.45, 7) is 5.97. The quantitative estimate of drug-likeness (QED) is 0.609. The van der Waals surface area contributed by atoms with Crippen molar-refractivity contribution in [2.45, 2.75) is 51.2 Å². The molecule has 0 radical (unpaired) electrons. The van der Waals surface area contributed by atoms with Crippen LogP contribution in [0.3, 0.4) is 0 Å². The van der Waals surface area contributed by atoms with Gasteiger partial charge in [0.05, 0.1) is 31.5 Å². The molecule has 96 valence electrons. The van der Waals surface area contributed by atoms with Crippen LogP contribution < -0.4 is 5.73 Å². The van der Waals surface area contributed by atoms with Crippen LogP contribution in [0, 0.1) is 5.92 Å². The lowest BCUT2D eigenvalue weighted by Gasteiger charge is -2.43. The van der Waals surface area contributed by atoms with Crippen molar-refractivity contribution in [2.75, 3.05) is 13.2 Å². The third-order valence-electron chi connectivity index (χ3n) is 3.03. The second-order valence-electron chi connectivity index (χ2n) is 4.68. The lowest BCUT2D eigenvalue weighted by atomic mass is 9.88. The maximum atomic E-state index is 10.1. The molecule has 0 spiro atoms. The SMILES string of the molecule is CC(C)C1OC(C)C(N)C(OCCO)C1O. The van der Waals surface area contributed by atoms with E-state index in [4.69, 9.17) is 20.3 Å². The largest absolute Gasteiger partial charge is 0.394 e. The zero-order chi connectivity index (χ0) is 12.3. The van der Waals surface area contributed by atoms with E-state index >= 15 is 0 Å². The Labute approximate surface area is 96.5 Å². The maximum Gasteiger partial charge on any atom is 0.108 e. The third-order valence-corrected chi connectivity index (χ3v) is 3.03. The molecule has 1 aliphatic heterocycles. The molecule has 5 nitrogen and oxygen atoms in total. The Balaban J connectivity index is 2.69. The van der Waals surface area contributed by atoms with Gasteiger partial charge in [0.25, 0.3) is 0 Å². The molecular weight excluding hydrogens is 210 g/mol. The van der Waals surface area contributed by atoms with E-state index in [0.717, 1.165) is 0 Å². The fourth-order valence-corrected chi connectivity index (χ4v) is 2.05. The zero-order valence-corrected chi connectivity index (χ0v) is 10.2. The Kier molecular flexibility index (Phi) is 5.14. The standard InChI is InChI=1S/C11H23NO4/c1-6(2)10-9(14)11(15-5-4-13)8(12)7(3)16-10/h6-11,13-14H,4-5,12H2,1-3H3. The number of aliphatic hydroxyl groups excluding tert-OH is 2. The molecule has 1 saturated heterocycles. The van der Waals surface area contributed by atoms with Gasteiger partial charge in [-0.05, 0) is 12.8 Å². The second kappa shape index (κ2) is 5.93. The molecular formula is C11H23NO4. The molecule has 16 heavy (non-hydrogen) atoms. The highest BCUT2D eigenvalue weighted by Crippen LogP contribution is 2.26. The lowest BCUT2D eigenvalue weighted by molar-refractivity contribution is -0.202. The van der Waals surface area contributed by atoms with E-state index in [1.54, 1.807) is 0 Å². The zero-order valence-electron chi connectivity index (χ0n) is 10.2. The predicted molar refractivity (Wildman–Crippen MR) is 60.0 cm³/mol. The van der Waals surface area contributed by atoms with Crippen LogP contribution in [0.15, 0.2) is 0 Å². The fraction of sp³-hybridized carbons (Fsp3) is 1.00. The van der Waals surface area contributed by atoms with Crippen molar-refractivity contribution in [3.63, 3.8) is 0 Å². The monoisotopic (exact) mass is 233 g/mol. The van der Waals surface area contributed by atoms with Gasteiger partial charge in [0.15, 0.2) is 0 Å². The van der Waals surface area contributed by atoms with Gasteiger partial charge in [-0.3, -0.25) is 0 Å². The van der Waals surface area contributed by atoms with Crippen LogP contribution in [0.2, 0.25) is 0 Å². The van der Waals surface area contributed by atoms with Crippen LogP contribution >= 0.6 is 0 Å². The summed E-state index contributed by atoms with van der Waals surface area (Å²) in [4.78, 5) is 0. The summed E-state index contributed by atoms with van der Waals surface area (Å²) < 4.78 is 11.1. The molecule has 0 saturated carbocycles. The Morgan fingerprint density at radius 1 is 1.44 bits per heavy atom. The van der Waals surface area contributed by atoms with Crippen molar-refractivity contribution in [2.24, 2.45) is 11.7 Å². The highest BCUT2D eigenvalue weighted by molar-refractivity contribution is 4.95. The molecule has 0 aliphatic carbocycles. The average Bonchev–Trinajstić information content (AvgIpc) is 2.23. The van der Waals surface area contributed by atoms with E-state index in [1.165, 1.54) is 0 Å². The molecule has 1 fully saturated rings. The van der Waals surface area contributed by atoms with Crippen molar-refractivity contribution in [3.05, 3.63) is 0 Å². The van der Waals surface area contributed by atoms with E-state index in [-0.39, 0.29) is 37.4 Å². The molecule has 5 heteroatoms. The van der Waals surface area contributed by atoms with Gasteiger partial charge in [-0.2, -0.15) is 0 Å². The van der Waals surface area contributed by atoms with Crippen molar-refractivity contribution in [1.29, 1.82) is 0 Å². The van der Waals surface area contributed by atoms with E-state index in [9.17, 15) is 5.11 Å². The van der Waals surface area contributed by atoms with Gasteiger partial charge in [0, 0.05) is 0 Å². The van der Waals surface area contributed by atoms with Gasteiger partial charge in [0.1, 0.15) is 12.2 Å². The van der Waals surface area contributed by atoms with Gasteiger partial charge in [0.2, 0.25) is 0 Å². The summed E-state index contributed by atoms with van der Waals surface area (Å²) in [5.74, 6) is 0.199. The molecule has 5 unspecified atom stereocenters. The minimum Gasteiger partial charge on any atom is -0.394 e. The Hall–Kier alpha value is -0.200. The first kappa shape index (κ1) is 13.9. The molecule has 1 rings (SSSR count). The fourth-order valence-electron chi connectivity index (χ4n) is 2.05. The van der Waals surface area contributed by atoms with Crippen molar-refractivity contribution >= 4 is 0 Å². The van der Waals surface area contributed by atoms with Crippen LogP contribution in [-0.2, 0) is 9.47 Å². The molecule has 1 aliphatic rings. The first-order chi connectivity index (χ1) is 7.49. The average molecular weight is 233 g/mol. The minimum absolute atomic E-state index is 0.0719. The Morgan fingerprint density at radius 2 is 2.06 bits per heavy atom. The number of rotatable bonds is 4. The smallest absolute Gasteiger partial charge is 0.108 e. The van der Waals surface area contributed by atoms with Crippen molar-refractivity contribution in [1.82, 2.24) is 0 Å². The summed E-state index contributed by atoms with van der Waals surface area (Å²) in [6, 6.07) is -0.364. The van der Waals surface area contributed by atoms with Crippen molar-refractivity contribution in [3.8, 4) is 0 Å². The van der Waals surface area contributed by atoms with Crippen LogP contribution in [-0.4, -0.2) is 53.9 Å². The van der Waals surface area contributed by atoms with Crippen LogP contribution in [0.25, 0.3) is 0 Å². The second-order valence-corrected chi connectivity index (χ2v) is 4.68. The van der Waals surface area contributed by atoms with Crippen LogP contribution in [0.5, 0.6) is 0 Å².